The Bertz CT molecular complexity index is 2700. The molecule has 1 heteroatoms. The van der Waals surface area contributed by atoms with Crippen molar-refractivity contribution in [1.29, 1.82) is 0 Å². The third-order valence-electron chi connectivity index (χ3n) is 11.8. The van der Waals surface area contributed by atoms with E-state index in [4.69, 9.17) is 6.58 Å². The van der Waals surface area contributed by atoms with Crippen molar-refractivity contribution >= 4 is 59.6 Å². The average Bonchev–Trinajstić information content (AvgIpc) is 3.20. The summed E-state index contributed by atoms with van der Waals surface area (Å²) in [5.41, 5.74) is 11.1. The van der Waals surface area contributed by atoms with Crippen LogP contribution < -0.4 is 5.32 Å². The van der Waals surface area contributed by atoms with Gasteiger partial charge in [-0.3, -0.25) is 0 Å². The molecule has 1 atom stereocenters. The zero-order valence-electron chi connectivity index (χ0n) is 30.5. The first-order valence-electron chi connectivity index (χ1n) is 19.1. The molecular formula is C51H45N. The molecule has 0 saturated heterocycles. The lowest BCUT2D eigenvalue weighted by molar-refractivity contribution is 0.443. The lowest BCUT2D eigenvalue weighted by Gasteiger charge is -2.26. The Morgan fingerprint density at radius 2 is 1.06 bits per heavy atom. The van der Waals surface area contributed by atoms with Gasteiger partial charge in [0.25, 0.3) is 0 Å². The van der Waals surface area contributed by atoms with Crippen LogP contribution in [0.5, 0.6) is 0 Å². The van der Waals surface area contributed by atoms with Gasteiger partial charge in [-0.05, 0) is 118 Å². The van der Waals surface area contributed by atoms with Crippen molar-refractivity contribution in [2.24, 2.45) is 5.92 Å². The quantitative estimate of drug-likeness (QED) is 0.107. The van der Waals surface area contributed by atoms with Gasteiger partial charge in [0.1, 0.15) is 0 Å². The molecule has 1 N–H and O–H groups in total. The monoisotopic (exact) mass is 671 g/mol. The van der Waals surface area contributed by atoms with E-state index in [0.29, 0.717) is 5.92 Å². The normalized spacial score (nSPS) is 12.5. The molecule has 1 nitrogen and oxygen atoms in total. The lowest BCUT2D eigenvalue weighted by atomic mass is 9.78. The van der Waals surface area contributed by atoms with Gasteiger partial charge in [-0.2, -0.15) is 0 Å². The maximum atomic E-state index is 4.76. The van der Waals surface area contributed by atoms with E-state index >= 15 is 0 Å². The van der Waals surface area contributed by atoms with Crippen molar-refractivity contribution in [3.8, 4) is 33.4 Å². The minimum Gasteiger partial charge on any atom is -0.385 e. The smallest absolute Gasteiger partial charge is 0.0350 e. The molecule has 254 valence electrons. The molecule has 0 aliphatic heterocycles. The van der Waals surface area contributed by atoms with Gasteiger partial charge < -0.3 is 5.32 Å². The molecule has 0 radical (unpaired) electrons. The van der Waals surface area contributed by atoms with E-state index in [0.717, 1.165) is 12.2 Å². The highest BCUT2D eigenvalue weighted by atomic mass is 14.9. The van der Waals surface area contributed by atoms with Gasteiger partial charge in [0, 0.05) is 17.8 Å². The number of benzene rings is 9. The van der Waals surface area contributed by atoms with E-state index in [1.807, 2.05) is 0 Å². The number of unbranched alkanes of at least 4 members (excludes halogenated alkanes) is 1. The fourth-order valence-corrected chi connectivity index (χ4v) is 9.09. The highest BCUT2D eigenvalue weighted by molar-refractivity contribution is 6.44. The van der Waals surface area contributed by atoms with E-state index in [9.17, 15) is 0 Å². The van der Waals surface area contributed by atoms with E-state index in [1.165, 1.54) is 124 Å². The molecule has 0 amide bonds. The van der Waals surface area contributed by atoms with E-state index in [1.54, 1.807) is 0 Å². The molecule has 0 heterocycles. The highest BCUT2D eigenvalue weighted by Crippen LogP contribution is 2.53. The van der Waals surface area contributed by atoms with Gasteiger partial charge in [-0.25, -0.2) is 0 Å². The Morgan fingerprint density at radius 1 is 0.538 bits per heavy atom. The lowest BCUT2D eigenvalue weighted by Crippen LogP contribution is -2.21. The number of rotatable bonds is 11. The maximum Gasteiger partial charge on any atom is 0.0350 e. The minimum atomic E-state index is 0.639. The summed E-state index contributed by atoms with van der Waals surface area (Å²) in [7, 11) is 0. The summed E-state index contributed by atoms with van der Waals surface area (Å²) in [4.78, 5) is 0. The topological polar surface area (TPSA) is 12.0 Å². The molecule has 0 saturated carbocycles. The molecule has 9 rings (SSSR count). The first kappa shape index (κ1) is 32.3. The molecule has 9 aromatic rings. The summed E-state index contributed by atoms with van der Waals surface area (Å²) < 4.78 is 0. The largest absolute Gasteiger partial charge is 0.385 e. The SMILES string of the molecule is C=C(NCC(CC)CCCC)c1c(C)c2ccc3c(-c4ccccc4)ccc4c5c(-c6ccccc6)cc(-c6ccccc6)c6ccc1c(c65)c2c34. The number of fused-ring (bicyclic) bond motifs is 1. The van der Waals surface area contributed by atoms with Crippen LogP contribution in [0.2, 0.25) is 0 Å². The Hall–Kier alpha value is -5.66. The summed E-state index contributed by atoms with van der Waals surface area (Å²) in [5.74, 6) is 0.639. The number of nitrogens with one attached hydrogen (secondary N) is 1. The molecule has 0 aliphatic carbocycles. The number of hydrogen-bond donors (Lipinski definition) is 1. The highest BCUT2D eigenvalue weighted by Gasteiger charge is 2.26. The van der Waals surface area contributed by atoms with Crippen LogP contribution >= 0.6 is 0 Å². The van der Waals surface area contributed by atoms with Crippen LogP contribution in [0.4, 0.5) is 0 Å². The summed E-state index contributed by atoms with van der Waals surface area (Å²) in [6, 6.07) is 49.6. The number of aryl methyl sites for hydroxylation is 1. The Labute approximate surface area is 307 Å². The minimum absolute atomic E-state index is 0.639. The fraction of sp³-hybridized carbons (Fsp3) is 0.176. The van der Waals surface area contributed by atoms with Crippen LogP contribution in [0.25, 0.3) is 92.9 Å². The van der Waals surface area contributed by atoms with Crippen molar-refractivity contribution < 1.29 is 0 Å². The van der Waals surface area contributed by atoms with E-state index < -0.39 is 0 Å². The van der Waals surface area contributed by atoms with Gasteiger partial charge in [0.15, 0.2) is 0 Å². The summed E-state index contributed by atoms with van der Waals surface area (Å²) in [6.45, 7) is 12.6. The Balaban J connectivity index is 1.44. The van der Waals surface area contributed by atoms with E-state index in [2.05, 4.69) is 160 Å². The standard InChI is InChI=1S/C51H45N/c1-5-7-17-34(6-2)31-52-33(4)46-32(3)38-24-26-40-39(35-18-11-8-12-19-35)25-28-43-47(40)49(38)51-42(46)29-27-41-44(36-20-13-9-14-21-36)30-45(48(43)50(41)51)37-22-15-10-16-23-37/h8-16,18-30,34,52H,4-7,17,31H2,1-3H3. The van der Waals surface area contributed by atoms with Crippen LogP contribution in [0, 0.1) is 12.8 Å². The molecule has 0 fully saturated rings. The van der Waals surface area contributed by atoms with Crippen LogP contribution in [-0.2, 0) is 0 Å². The zero-order valence-corrected chi connectivity index (χ0v) is 30.5. The maximum absolute atomic E-state index is 4.76. The summed E-state index contributed by atoms with van der Waals surface area (Å²) in [6.07, 6.45) is 4.93. The van der Waals surface area contributed by atoms with Crippen molar-refractivity contribution in [1.82, 2.24) is 5.32 Å². The summed E-state index contributed by atoms with van der Waals surface area (Å²) >= 11 is 0. The predicted octanol–water partition coefficient (Wildman–Crippen LogP) is 14.4. The second-order valence-electron chi connectivity index (χ2n) is 14.7. The molecular weight excluding hydrogens is 627 g/mol. The Morgan fingerprint density at radius 3 is 1.69 bits per heavy atom. The zero-order chi connectivity index (χ0) is 35.3. The van der Waals surface area contributed by atoms with Crippen LogP contribution in [-0.4, -0.2) is 6.54 Å². The van der Waals surface area contributed by atoms with Crippen molar-refractivity contribution in [2.45, 2.75) is 46.5 Å². The van der Waals surface area contributed by atoms with Crippen LogP contribution in [0.3, 0.4) is 0 Å². The Kier molecular flexibility index (Phi) is 8.16. The average molecular weight is 672 g/mol. The molecule has 0 spiro atoms. The second kappa shape index (κ2) is 13.1. The van der Waals surface area contributed by atoms with Gasteiger partial charge in [-0.1, -0.05) is 167 Å². The molecule has 9 aromatic carbocycles. The third kappa shape index (κ3) is 5.06. The van der Waals surface area contributed by atoms with Gasteiger partial charge in [0.2, 0.25) is 0 Å². The van der Waals surface area contributed by atoms with Gasteiger partial charge in [0.05, 0.1) is 0 Å². The van der Waals surface area contributed by atoms with Gasteiger partial charge >= 0.3 is 0 Å². The molecule has 52 heavy (non-hydrogen) atoms. The first-order valence-corrected chi connectivity index (χ1v) is 19.1. The van der Waals surface area contributed by atoms with Crippen molar-refractivity contribution in [3.63, 3.8) is 0 Å². The first-order chi connectivity index (χ1) is 25.6. The second-order valence-corrected chi connectivity index (χ2v) is 14.7. The van der Waals surface area contributed by atoms with Crippen LogP contribution in [0.15, 0.2) is 140 Å². The molecule has 1 unspecified atom stereocenters. The van der Waals surface area contributed by atoms with E-state index in [-0.39, 0.29) is 0 Å². The molecule has 0 aliphatic rings. The van der Waals surface area contributed by atoms with Crippen LogP contribution in [0.1, 0.15) is 50.7 Å². The van der Waals surface area contributed by atoms with Gasteiger partial charge in [-0.15, -0.1) is 0 Å². The summed E-state index contributed by atoms with van der Waals surface area (Å²) in [5, 5.41) is 17.1. The molecule has 0 bridgehead atoms. The van der Waals surface area contributed by atoms with Crippen molar-refractivity contribution in [3.05, 3.63) is 151 Å². The third-order valence-corrected chi connectivity index (χ3v) is 11.8. The molecule has 0 aromatic heterocycles. The number of hydrogen-bond acceptors (Lipinski definition) is 1. The van der Waals surface area contributed by atoms with Crippen molar-refractivity contribution in [2.75, 3.05) is 6.54 Å². The predicted molar refractivity (Wildman–Crippen MR) is 228 cm³/mol. The fourth-order valence-electron chi connectivity index (χ4n) is 9.09.